The van der Waals surface area contributed by atoms with Crippen LogP contribution in [-0.2, 0) is 4.74 Å². The number of carbonyl (C=O) groups is 1. The second kappa shape index (κ2) is 9.97. The van der Waals surface area contributed by atoms with Crippen LogP contribution in [-0.4, -0.2) is 18.2 Å². The topological polar surface area (TPSA) is 38.3 Å². The zero-order valence-electron chi connectivity index (χ0n) is 23.6. The average Bonchev–Trinajstić information content (AvgIpc) is 3.10. The first-order chi connectivity index (χ1) is 15.9. The molecule has 3 heteroatoms. The molecule has 9 atom stereocenters. The van der Waals surface area contributed by atoms with Crippen molar-refractivity contribution in [3.05, 3.63) is 0 Å². The highest BCUT2D eigenvalue weighted by atomic mass is 16.6. The Labute approximate surface area is 210 Å². The SMILES string of the molecule is CC(CCCCNC(=O)OC(C)(C)C)[C@H]1CC[C@H]2[C@@H]3CC[C@H]4C[C@@H](C)CC[C@]4(C)[C@H]3CC[C@]12C. The molecule has 4 rings (SSSR count). The van der Waals surface area contributed by atoms with Crippen LogP contribution in [0.4, 0.5) is 4.79 Å². The van der Waals surface area contributed by atoms with Gasteiger partial charge in [-0.1, -0.05) is 47.0 Å². The van der Waals surface area contributed by atoms with E-state index in [0.29, 0.717) is 10.8 Å². The van der Waals surface area contributed by atoms with E-state index in [4.69, 9.17) is 4.74 Å². The molecule has 4 fully saturated rings. The van der Waals surface area contributed by atoms with Gasteiger partial charge in [-0.2, -0.15) is 0 Å². The average molecular weight is 474 g/mol. The molecule has 0 aromatic carbocycles. The van der Waals surface area contributed by atoms with Gasteiger partial charge in [-0.25, -0.2) is 4.79 Å². The monoisotopic (exact) mass is 473 g/mol. The fourth-order valence-electron chi connectivity index (χ4n) is 9.74. The van der Waals surface area contributed by atoms with E-state index < -0.39 is 5.60 Å². The fourth-order valence-corrected chi connectivity index (χ4v) is 9.74. The summed E-state index contributed by atoms with van der Waals surface area (Å²) in [7, 11) is 0. The molecule has 1 unspecified atom stereocenters. The van der Waals surface area contributed by atoms with Gasteiger partial charge in [0.1, 0.15) is 5.60 Å². The van der Waals surface area contributed by atoms with Gasteiger partial charge in [-0.3, -0.25) is 0 Å². The van der Waals surface area contributed by atoms with Gasteiger partial charge in [0.15, 0.2) is 0 Å². The Hall–Kier alpha value is -0.730. The molecule has 34 heavy (non-hydrogen) atoms. The van der Waals surface area contributed by atoms with E-state index >= 15 is 0 Å². The summed E-state index contributed by atoms with van der Waals surface area (Å²) < 4.78 is 5.36. The Balaban J connectivity index is 1.28. The van der Waals surface area contributed by atoms with E-state index in [9.17, 15) is 4.79 Å². The van der Waals surface area contributed by atoms with Crippen LogP contribution >= 0.6 is 0 Å². The number of fused-ring (bicyclic) bond motifs is 5. The predicted molar refractivity (Wildman–Crippen MR) is 142 cm³/mol. The molecule has 0 aromatic heterocycles. The van der Waals surface area contributed by atoms with Crippen molar-refractivity contribution >= 4 is 6.09 Å². The molecular formula is C31H55NO2. The third-order valence-electron chi connectivity index (χ3n) is 11.4. The lowest BCUT2D eigenvalue weighted by atomic mass is 9.44. The molecule has 196 valence electrons. The number of alkyl carbamates (subject to hydrolysis) is 1. The molecule has 0 aromatic rings. The van der Waals surface area contributed by atoms with E-state index in [0.717, 1.165) is 54.4 Å². The van der Waals surface area contributed by atoms with Crippen molar-refractivity contribution < 1.29 is 9.53 Å². The van der Waals surface area contributed by atoms with Crippen molar-refractivity contribution in [3.8, 4) is 0 Å². The summed E-state index contributed by atoms with van der Waals surface area (Å²) in [5.74, 6) is 6.65. The lowest BCUT2D eigenvalue weighted by Crippen LogP contribution is -2.53. The normalized spacial score (nSPS) is 42.8. The van der Waals surface area contributed by atoms with Crippen LogP contribution in [0, 0.1) is 52.3 Å². The van der Waals surface area contributed by atoms with Crippen LogP contribution in [0.2, 0.25) is 0 Å². The number of hydrogen-bond donors (Lipinski definition) is 1. The standard InChI is InChI=1S/C31H55NO2/c1-21-15-17-30(6)23(20-21)11-12-24-26-14-13-25(31(26,7)18-16-27(24)30)22(2)10-8-9-19-32-28(33)34-29(3,4)5/h21-27H,8-20H2,1-7H3,(H,32,33)/t21-,22?,23-,24-,25+,26-,27-,30-,31+/m0/s1. The molecule has 4 aliphatic rings. The van der Waals surface area contributed by atoms with E-state index in [1.165, 1.54) is 70.6 Å². The summed E-state index contributed by atoms with van der Waals surface area (Å²) in [4.78, 5) is 11.9. The van der Waals surface area contributed by atoms with Crippen LogP contribution < -0.4 is 5.32 Å². The van der Waals surface area contributed by atoms with Gasteiger partial charge in [-0.15, -0.1) is 0 Å². The van der Waals surface area contributed by atoms with Crippen molar-refractivity contribution in [3.63, 3.8) is 0 Å². The van der Waals surface area contributed by atoms with E-state index in [1.807, 2.05) is 20.8 Å². The van der Waals surface area contributed by atoms with Crippen molar-refractivity contribution in [1.82, 2.24) is 5.32 Å². The summed E-state index contributed by atoms with van der Waals surface area (Å²) in [6, 6.07) is 0. The molecule has 1 amide bonds. The molecule has 3 nitrogen and oxygen atoms in total. The lowest BCUT2D eigenvalue weighted by molar-refractivity contribution is -0.120. The second-order valence-corrected chi connectivity index (χ2v) is 14.7. The molecule has 0 aliphatic heterocycles. The first-order valence-electron chi connectivity index (χ1n) is 14.9. The molecule has 1 N–H and O–H groups in total. The van der Waals surface area contributed by atoms with Crippen LogP contribution in [0.15, 0.2) is 0 Å². The molecule has 0 heterocycles. The second-order valence-electron chi connectivity index (χ2n) is 14.7. The van der Waals surface area contributed by atoms with Crippen molar-refractivity contribution in [2.75, 3.05) is 6.54 Å². The first kappa shape index (κ1) is 26.3. The molecule has 4 aliphatic carbocycles. The van der Waals surface area contributed by atoms with E-state index in [-0.39, 0.29) is 6.09 Å². The number of unbranched alkanes of at least 4 members (excludes halogenated alkanes) is 1. The quantitative estimate of drug-likeness (QED) is 0.392. The Kier molecular flexibility index (Phi) is 7.72. The predicted octanol–water partition coefficient (Wildman–Crippen LogP) is 8.61. The lowest BCUT2D eigenvalue weighted by Gasteiger charge is -2.61. The molecule has 0 spiro atoms. The number of rotatable bonds is 6. The minimum atomic E-state index is -0.419. The van der Waals surface area contributed by atoms with Crippen LogP contribution in [0.1, 0.15) is 126 Å². The minimum Gasteiger partial charge on any atom is -0.444 e. The van der Waals surface area contributed by atoms with Gasteiger partial charge < -0.3 is 10.1 Å². The van der Waals surface area contributed by atoms with Gasteiger partial charge in [-0.05, 0) is 131 Å². The van der Waals surface area contributed by atoms with Gasteiger partial charge in [0, 0.05) is 6.54 Å². The Morgan fingerprint density at radius 2 is 1.68 bits per heavy atom. The molecule has 0 radical (unpaired) electrons. The van der Waals surface area contributed by atoms with E-state index in [1.54, 1.807) is 0 Å². The third-order valence-corrected chi connectivity index (χ3v) is 11.4. The van der Waals surface area contributed by atoms with Crippen molar-refractivity contribution in [2.24, 2.45) is 52.3 Å². The molecule has 4 saturated carbocycles. The number of carbonyl (C=O) groups excluding carboxylic acids is 1. The highest BCUT2D eigenvalue weighted by Gasteiger charge is 2.60. The molecule has 0 bridgehead atoms. The summed E-state index contributed by atoms with van der Waals surface area (Å²) >= 11 is 0. The Bertz CT molecular complexity index is 713. The van der Waals surface area contributed by atoms with Gasteiger partial charge >= 0.3 is 6.09 Å². The Morgan fingerprint density at radius 1 is 0.971 bits per heavy atom. The zero-order chi connectivity index (χ0) is 24.7. The van der Waals surface area contributed by atoms with Crippen LogP contribution in [0.5, 0.6) is 0 Å². The van der Waals surface area contributed by atoms with Gasteiger partial charge in [0.05, 0.1) is 0 Å². The number of ether oxygens (including phenoxy) is 1. The summed E-state index contributed by atoms with van der Waals surface area (Å²) in [5, 5.41) is 2.93. The van der Waals surface area contributed by atoms with E-state index in [2.05, 4.69) is 33.0 Å². The third kappa shape index (κ3) is 5.19. The van der Waals surface area contributed by atoms with Gasteiger partial charge in [0.25, 0.3) is 0 Å². The highest BCUT2D eigenvalue weighted by molar-refractivity contribution is 5.67. The van der Waals surface area contributed by atoms with Crippen molar-refractivity contribution in [2.45, 2.75) is 131 Å². The van der Waals surface area contributed by atoms with Crippen LogP contribution in [0.3, 0.4) is 0 Å². The first-order valence-corrected chi connectivity index (χ1v) is 14.9. The molecular weight excluding hydrogens is 418 g/mol. The largest absolute Gasteiger partial charge is 0.444 e. The van der Waals surface area contributed by atoms with Crippen molar-refractivity contribution in [1.29, 1.82) is 0 Å². The minimum absolute atomic E-state index is 0.278. The number of amides is 1. The molecule has 0 saturated heterocycles. The summed E-state index contributed by atoms with van der Waals surface area (Å²) in [5.41, 5.74) is 0.792. The smallest absolute Gasteiger partial charge is 0.407 e. The highest BCUT2D eigenvalue weighted by Crippen LogP contribution is 2.68. The number of hydrogen-bond acceptors (Lipinski definition) is 2. The maximum atomic E-state index is 11.9. The Morgan fingerprint density at radius 3 is 2.41 bits per heavy atom. The van der Waals surface area contributed by atoms with Crippen LogP contribution in [0.25, 0.3) is 0 Å². The maximum Gasteiger partial charge on any atom is 0.407 e. The fraction of sp³-hybridized carbons (Fsp3) is 0.968. The summed E-state index contributed by atoms with van der Waals surface area (Å²) in [6.45, 7) is 16.9. The van der Waals surface area contributed by atoms with Gasteiger partial charge in [0.2, 0.25) is 0 Å². The number of nitrogens with one attached hydrogen (secondary N) is 1. The zero-order valence-corrected chi connectivity index (χ0v) is 23.6. The maximum absolute atomic E-state index is 11.9. The summed E-state index contributed by atoms with van der Waals surface area (Å²) in [6.07, 6.45) is 16.7.